The van der Waals surface area contributed by atoms with Crippen molar-refractivity contribution < 1.29 is 27.9 Å². The summed E-state index contributed by atoms with van der Waals surface area (Å²) in [7, 11) is -3.06. The van der Waals surface area contributed by atoms with E-state index in [1.54, 1.807) is 0 Å². The van der Waals surface area contributed by atoms with Gasteiger partial charge in [-0.25, -0.2) is 23.2 Å². The van der Waals surface area contributed by atoms with E-state index in [9.17, 15) is 18.0 Å². The molecule has 9 nitrogen and oxygen atoms in total. The Balaban J connectivity index is 2.98. The van der Waals surface area contributed by atoms with Gasteiger partial charge in [-0.15, -0.1) is 0 Å². The van der Waals surface area contributed by atoms with Crippen molar-refractivity contribution in [3.05, 3.63) is 18.1 Å². The fourth-order valence-electron chi connectivity index (χ4n) is 0.967. The molecule has 10 heteroatoms. The highest BCUT2D eigenvalue weighted by Crippen LogP contribution is 2.10. The number of sulfonamides is 1. The van der Waals surface area contributed by atoms with E-state index in [2.05, 4.69) is 14.7 Å². The number of carbonyl (C=O) groups excluding carboxylic acids is 1. The highest BCUT2D eigenvalue weighted by Gasteiger charge is 2.21. The number of carboxylic acids is 1. The standard InChI is InChI=1S/C8H9N3O6S/c1-17-5(12)4-18(15,16)11-7-6(8(13)14)9-2-3-10-7/h2-3H,4H2,1H3,(H,10,11)(H,13,14). The van der Waals surface area contributed by atoms with Crippen molar-refractivity contribution >= 4 is 27.8 Å². The van der Waals surface area contributed by atoms with Gasteiger partial charge < -0.3 is 9.84 Å². The molecule has 0 saturated heterocycles. The zero-order valence-electron chi connectivity index (χ0n) is 9.15. The molecule has 1 aromatic rings. The van der Waals surface area contributed by atoms with E-state index in [-0.39, 0.29) is 0 Å². The lowest BCUT2D eigenvalue weighted by molar-refractivity contribution is -0.137. The van der Waals surface area contributed by atoms with E-state index in [0.717, 1.165) is 19.5 Å². The SMILES string of the molecule is COC(=O)CS(=O)(=O)Nc1nccnc1C(=O)O. The van der Waals surface area contributed by atoms with Gasteiger partial charge >= 0.3 is 11.9 Å². The number of aromatic nitrogens is 2. The van der Waals surface area contributed by atoms with Crippen LogP contribution in [0.4, 0.5) is 5.82 Å². The predicted octanol–water partition coefficient (Wildman–Crippen LogP) is -0.911. The van der Waals surface area contributed by atoms with Gasteiger partial charge in [-0.3, -0.25) is 9.52 Å². The van der Waals surface area contributed by atoms with Crippen molar-refractivity contribution in [1.29, 1.82) is 0 Å². The number of esters is 1. The minimum atomic E-state index is -4.09. The normalized spacial score (nSPS) is 10.7. The lowest BCUT2D eigenvalue weighted by Gasteiger charge is -2.07. The highest BCUT2D eigenvalue weighted by atomic mass is 32.2. The van der Waals surface area contributed by atoms with Gasteiger partial charge in [0.05, 0.1) is 7.11 Å². The molecule has 0 unspecified atom stereocenters. The summed E-state index contributed by atoms with van der Waals surface area (Å²) in [6.07, 6.45) is 2.21. The molecule has 98 valence electrons. The Morgan fingerprint density at radius 1 is 1.39 bits per heavy atom. The van der Waals surface area contributed by atoms with Gasteiger partial charge in [0.2, 0.25) is 10.0 Å². The molecule has 0 spiro atoms. The van der Waals surface area contributed by atoms with Gasteiger partial charge in [0.25, 0.3) is 0 Å². The maximum absolute atomic E-state index is 11.5. The van der Waals surface area contributed by atoms with Crippen LogP contribution in [0.2, 0.25) is 0 Å². The van der Waals surface area contributed by atoms with Gasteiger partial charge in [0.1, 0.15) is 0 Å². The third-order valence-corrected chi connectivity index (χ3v) is 2.81. The Labute approximate surface area is 102 Å². The van der Waals surface area contributed by atoms with Crippen LogP contribution in [0.25, 0.3) is 0 Å². The number of hydrogen-bond donors (Lipinski definition) is 2. The first-order valence-corrected chi connectivity index (χ1v) is 6.12. The number of hydrogen-bond acceptors (Lipinski definition) is 7. The summed E-state index contributed by atoms with van der Waals surface area (Å²) in [5, 5.41) is 8.76. The molecular weight excluding hydrogens is 266 g/mol. The molecule has 0 amide bonds. The molecule has 0 fully saturated rings. The van der Waals surface area contributed by atoms with Crippen LogP contribution in [0, 0.1) is 0 Å². The van der Waals surface area contributed by atoms with Crippen molar-refractivity contribution in [3.63, 3.8) is 0 Å². The number of methoxy groups -OCH3 is 1. The van der Waals surface area contributed by atoms with Crippen LogP contribution in [0.15, 0.2) is 12.4 Å². The molecule has 0 radical (unpaired) electrons. The largest absolute Gasteiger partial charge is 0.476 e. The van der Waals surface area contributed by atoms with Crippen LogP contribution in [0.1, 0.15) is 10.5 Å². The minimum Gasteiger partial charge on any atom is -0.476 e. The van der Waals surface area contributed by atoms with Crippen molar-refractivity contribution in [3.8, 4) is 0 Å². The van der Waals surface area contributed by atoms with Gasteiger partial charge in [0.15, 0.2) is 17.3 Å². The van der Waals surface area contributed by atoms with E-state index in [0.29, 0.717) is 0 Å². The molecule has 0 atom stereocenters. The molecule has 1 rings (SSSR count). The summed E-state index contributed by atoms with van der Waals surface area (Å²) < 4.78 is 29.0. The van der Waals surface area contributed by atoms with Crippen molar-refractivity contribution in [2.75, 3.05) is 17.6 Å². The number of ether oxygens (including phenoxy) is 1. The first kappa shape index (κ1) is 13.8. The monoisotopic (exact) mass is 275 g/mol. The van der Waals surface area contributed by atoms with E-state index >= 15 is 0 Å². The van der Waals surface area contributed by atoms with Crippen LogP contribution in [0.5, 0.6) is 0 Å². The molecule has 0 aliphatic rings. The summed E-state index contributed by atoms with van der Waals surface area (Å²) in [6.45, 7) is 0. The number of carboxylic acid groups (broad SMARTS) is 1. The molecular formula is C8H9N3O6S. The average Bonchev–Trinajstić information content (AvgIpc) is 2.28. The number of carbonyl (C=O) groups is 2. The average molecular weight is 275 g/mol. The first-order chi connectivity index (χ1) is 8.35. The zero-order valence-corrected chi connectivity index (χ0v) is 9.97. The third kappa shape index (κ3) is 3.66. The first-order valence-electron chi connectivity index (χ1n) is 4.47. The Kier molecular flexibility index (Phi) is 4.15. The minimum absolute atomic E-state index is 0.464. The smallest absolute Gasteiger partial charge is 0.358 e. The molecule has 0 aromatic carbocycles. The molecule has 0 saturated carbocycles. The number of nitrogens with one attached hydrogen (secondary N) is 1. The van der Waals surface area contributed by atoms with Crippen LogP contribution in [0.3, 0.4) is 0 Å². The second kappa shape index (κ2) is 5.40. The summed E-state index contributed by atoms with van der Waals surface area (Å²) in [5.41, 5.74) is -0.564. The van der Waals surface area contributed by atoms with Crippen molar-refractivity contribution in [2.45, 2.75) is 0 Å². The van der Waals surface area contributed by atoms with E-state index < -0.39 is 39.2 Å². The zero-order chi connectivity index (χ0) is 13.8. The fraction of sp³-hybridized carbons (Fsp3) is 0.250. The maximum Gasteiger partial charge on any atom is 0.358 e. The highest BCUT2D eigenvalue weighted by molar-refractivity contribution is 7.93. The predicted molar refractivity (Wildman–Crippen MR) is 58.4 cm³/mol. The quantitative estimate of drug-likeness (QED) is 0.659. The lowest BCUT2D eigenvalue weighted by Crippen LogP contribution is -2.25. The topological polar surface area (TPSA) is 136 Å². The van der Waals surface area contributed by atoms with E-state index in [4.69, 9.17) is 5.11 Å². The van der Waals surface area contributed by atoms with E-state index in [1.807, 2.05) is 4.72 Å². The fourth-order valence-corrected chi connectivity index (χ4v) is 1.91. The molecule has 2 N–H and O–H groups in total. The molecule has 18 heavy (non-hydrogen) atoms. The summed E-state index contributed by atoms with van der Waals surface area (Å²) in [6, 6.07) is 0. The van der Waals surface area contributed by atoms with Crippen molar-refractivity contribution in [1.82, 2.24) is 9.97 Å². The Bertz CT molecular complexity index is 570. The van der Waals surface area contributed by atoms with Crippen LogP contribution in [-0.4, -0.2) is 48.3 Å². The number of anilines is 1. The third-order valence-electron chi connectivity index (χ3n) is 1.69. The Hall–Kier alpha value is -2.23. The molecule has 0 aliphatic carbocycles. The van der Waals surface area contributed by atoms with Gasteiger partial charge in [-0.2, -0.15) is 0 Å². The summed E-state index contributed by atoms with van der Waals surface area (Å²) in [4.78, 5) is 28.6. The molecule has 1 aromatic heterocycles. The maximum atomic E-state index is 11.5. The summed E-state index contributed by atoms with van der Waals surface area (Å²) in [5.74, 6) is -3.84. The molecule has 1 heterocycles. The number of rotatable bonds is 5. The summed E-state index contributed by atoms with van der Waals surface area (Å²) >= 11 is 0. The Morgan fingerprint density at radius 2 is 2.00 bits per heavy atom. The molecule has 0 aliphatic heterocycles. The number of nitrogens with zero attached hydrogens (tertiary/aromatic N) is 2. The number of aromatic carboxylic acids is 1. The van der Waals surface area contributed by atoms with Crippen LogP contribution < -0.4 is 4.72 Å². The molecule has 0 bridgehead atoms. The van der Waals surface area contributed by atoms with Gasteiger partial charge in [-0.1, -0.05) is 0 Å². The van der Waals surface area contributed by atoms with Gasteiger partial charge in [-0.05, 0) is 0 Å². The van der Waals surface area contributed by atoms with E-state index in [1.165, 1.54) is 0 Å². The van der Waals surface area contributed by atoms with Gasteiger partial charge in [0, 0.05) is 12.4 Å². The lowest BCUT2D eigenvalue weighted by atomic mass is 10.4. The van der Waals surface area contributed by atoms with Crippen molar-refractivity contribution in [2.24, 2.45) is 0 Å². The second-order valence-electron chi connectivity index (χ2n) is 3.00. The van der Waals surface area contributed by atoms with Crippen LogP contribution >= 0.6 is 0 Å². The Morgan fingerprint density at radius 3 is 2.56 bits per heavy atom. The van der Waals surface area contributed by atoms with Crippen LogP contribution in [-0.2, 0) is 19.6 Å². The second-order valence-corrected chi connectivity index (χ2v) is 4.72.